The minimum Gasteiger partial charge on any atom is -0.489 e. The van der Waals surface area contributed by atoms with Gasteiger partial charge in [-0.15, -0.1) is 11.8 Å². The SMILES string of the molecule is OS1(O)CC(Sc2ccccc2)c2cc(OCc3cccnc3)ccc21. The predicted molar refractivity (Wildman–Crippen MR) is 106 cm³/mol. The lowest BCUT2D eigenvalue weighted by Crippen LogP contribution is -1.98. The first-order valence-corrected chi connectivity index (χ1v) is 10.8. The van der Waals surface area contributed by atoms with Crippen LogP contribution in [0.5, 0.6) is 5.75 Å². The van der Waals surface area contributed by atoms with Crippen molar-refractivity contribution < 1.29 is 13.8 Å². The van der Waals surface area contributed by atoms with E-state index < -0.39 is 10.6 Å². The summed E-state index contributed by atoms with van der Waals surface area (Å²) in [4.78, 5) is 5.84. The first kappa shape index (κ1) is 17.4. The van der Waals surface area contributed by atoms with E-state index in [0.717, 1.165) is 21.8 Å². The molecule has 4 rings (SSSR count). The summed E-state index contributed by atoms with van der Waals surface area (Å²) in [5, 5.41) is -0.000609. The van der Waals surface area contributed by atoms with Crippen molar-refractivity contribution in [3.63, 3.8) is 0 Å². The molecule has 2 heterocycles. The second-order valence-corrected chi connectivity index (χ2v) is 9.49. The lowest BCUT2D eigenvalue weighted by Gasteiger charge is -2.27. The third kappa shape index (κ3) is 3.73. The number of ether oxygens (including phenoxy) is 1. The fourth-order valence-electron chi connectivity index (χ4n) is 2.97. The van der Waals surface area contributed by atoms with Gasteiger partial charge in [-0.25, -0.2) is 0 Å². The van der Waals surface area contributed by atoms with Crippen LogP contribution in [0.25, 0.3) is 0 Å². The fraction of sp³-hybridized carbons (Fsp3) is 0.150. The van der Waals surface area contributed by atoms with Gasteiger partial charge in [0.25, 0.3) is 0 Å². The van der Waals surface area contributed by atoms with Gasteiger partial charge in [0.15, 0.2) is 0 Å². The summed E-state index contributed by atoms with van der Waals surface area (Å²) in [6.07, 6.45) is 3.51. The molecule has 0 spiro atoms. The lowest BCUT2D eigenvalue weighted by molar-refractivity contribution is 0.305. The van der Waals surface area contributed by atoms with Crippen molar-refractivity contribution in [2.45, 2.75) is 21.6 Å². The van der Waals surface area contributed by atoms with Crippen LogP contribution < -0.4 is 4.74 Å². The van der Waals surface area contributed by atoms with Crippen LogP contribution >= 0.6 is 22.4 Å². The van der Waals surface area contributed by atoms with E-state index in [1.807, 2.05) is 48.5 Å². The van der Waals surface area contributed by atoms with E-state index in [-0.39, 0.29) is 5.25 Å². The monoisotopic (exact) mass is 385 g/mol. The number of hydrogen-bond acceptors (Lipinski definition) is 5. The molecular formula is C20H19NO3S2. The average molecular weight is 386 g/mol. The van der Waals surface area contributed by atoms with Gasteiger partial charge in [0, 0.05) is 22.9 Å². The molecule has 0 bridgehead atoms. The van der Waals surface area contributed by atoms with E-state index in [1.54, 1.807) is 36.3 Å². The number of thioether (sulfide) groups is 1. The lowest BCUT2D eigenvalue weighted by atomic mass is 10.1. The highest BCUT2D eigenvalue weighted by molar-refractivity contribution is 8.25. The minimum atomic E-state index is -2.75. The molecule has 1 aliphatic heterocycles. The smallest absolute Gasteiger partial charge is 0.120 e. The van der Waals surface area contributed by atoms with Gasteiger partial charge in [-0.3, -0.25) is 14.1 Å². The second kappa shape index (κ2) is 7.32. The summed E-state index contributed by atoms with van der Waals surface area (Å²) < 4.78 is 26.8. The molecule has 134 valence electrons. The molecule has 26 heavy (non-hydrogen) atoms. The fourth-order valence-corrected chi connectivity index (χ4v) is 6.49. The summed E-state index contributed by atoms with van der Waals surface area (Å²) in [5.41, 5.74) is 1.94. The molecule has 0 radical (unpaired) electrons. The van der Waals surface area contributed by atoms with Crippen LogP contribution in [0.3, 0.4) is 0 Å². The Bertz CT molecular complexity index is 888. The predicted octanol–water partition coefficient (Wildman–Crippen LogP) is 5.62. The summed E-state index contributed by atoms with van der Waals surface area (Å²) in [6, 6.07) is 19.4. The van der Waals surface area contributed by atoms with Gasteiger partial charge in [-0.1, -0.05) is 24.3 Å². The zero-order valence-corrected chi connectivity index (χ0v) is 15.6. The molecule has 1 unspecified atom stereocenters. The first-order valence-electron chi connectivity index (χ1n) is 8.25. The molecular weight excluding hydrogens is 366 g/mol. The maximum atomic E-state index is 10.5. The van der Waals surface area contributed by atoms with Crippen molar-refractivity contribution in [1.82, 2.24) is 4.98 Å². The molecule has 0 saturated heterocycles. The number of benzene rings is 2. The van der Waals surface area contributed by atoms with Crippen LogP contribution in [-0.2, 0) is 6.61 Å². The Hall–Kier alpha value is -1.99. The van der Waals surface area contributed by atoms with Gasteiger partial charge in [0.05, 0.1) is 15.9 Å². The summed E-state index contributed by atoms with van der Waals surface area (Å²) in [6.45, 7) is 0.430. The molecule has 2 aromatic carbocycles. The van der Waals surface area contributed by atoms with Crippen molar-refractivity contribution >= 4 is 22.4 Å². The van der Waals surface area contributed by atoms with Gasteiger partial charge in [-0.2, -0.15) is 10.6 Å². The molecule has 0 saturated carbocycles. The van der Waals surface area contributed by atoms with Crippen LogP contribution in [-0.4, -0.2) is 19.8 Å². The third-order valence-corrected chi connectivity index (χ3v) is 7.55. The highest BCUT2D eigenvalue weighted by Crippen LogP contribution is 2.63. The van der Waals surface area contributed by atoms with E-state index in [4.69, 9.17) is 4.74 Å². The summed E-state index contributed by atoms with van der Waals surface area (Å²) >= 11 is 1.65. The molecule has 2 N–H and O–H groups in total. The molecule has 0 fully saturated rings. The Morgan fingerprint density at radius 2 is 1.92 bits per heavy atom. The Balaban J connectivity index is 1.56. The number of hydrogen-bond donors (Lipinski definition) is 2. The van der Waals surface area contributed by atoms with Crippen LogP contribution in [0.1, 0.15) is 16.4 Å². The van der Waals surface area contributed by atoms with Crippen LogP contribution in [0.2, 0.25) is 0 Å². The Morgan fingerprint density at radius 1 is 1.08 bits per heavy atom. The van der Waals surface area contributed by atoms with Crippen LogP contribution in [0, 0.1) is 0 Å². The quantitative estimate of drug-likeness (QED) is 0.597. The zero-order chi connectivity index (χ0) is 18.0. The highest BCUT2D eigenvalue weighted by Gasteiger charge is 2.35. The maximum Gasteiger partial charge on any atom is 0.120 e. The molecule has 1 aromatic heterocycles. The van der Waals surface area contributed by atoms with Crippen LogP contribution in [0.4, 0.5) is 0 Å². The normalized spacial score (nSPS) is 18.9. The number of pyridine rings is 1. The van der Waals surface area contributed by atoms with Gasteiger partial charge in [0.2, 0.25) is 0 Å². The van der Waals surface area contributed by atoms with E-state index in [0.29, 0.717) is 17.3 Å². The van der Waals surface area contributed by atoms with Crippen LogP contribution in [0.15, 0.2) is 82.8 Å². The number of nitrogens with zero attached hydrogens (tertiary/aromatic N) is 1. The second-order valence-electron chi connectivity index (χ2n) is 6.10. The molecule has 1 aliphatic rings. The van der Waals surface area contributed by atoms with Crippen molar-refractivity contribution in [2.24, 2.45) is 0 Å². The highest BCUT2D eigenvalue weighted by atomic mass is 32.3. The van der Waals surface area contributed by atoms with Gasteiger partial charge >= 0.3 is 0 Å². The Labute approximate surface area is 158 Å². The topological polar surface area (TPSA) is 62.6 Å². The summed E-state index contributed by atoms with van der Waals surface area (Å²) in [7, 11) is -2.75. The van der Waals surface area contributed by atoms with Crippen molar-refractivity contribution in [3.05, 3.63) is 84.2 Å². The average Bonchev–Trinajstić information content (AvgIpc) is 2.91. The third-order valence-electron chi connectivity index (χ3n) is 4.21. The minimum absolute atomic E-state index is 0.000609. The van der Waals surface area contributed by atoms with E-state index in [1.165, 1.54) is 0 Å². The molecule has 4 nitrogen and oxygen atoms in total. The number of aromatic nitrogens is 1. The largest absolute Gasteiger partial charge is 0.489 e. The molecule has 0 aliphatic carbocycles. The standard InChI is InChI=1S/C20H19NO3S2/c22-26(23)14-19(25-17-6-2-1-3-7-17)18-11-16(8-9-20(18)26)24-13-15-5-4-10-21-12-15/h1-12,19,22-23H,13-14H2. The van der Waals surface area contributed by atoms with Gasteiger partial charge in [0.1, 0.15) is 12.4 Å². The van der Waals surface area contributed by atoms with E-state index in [2.05, 4.69) is 4.98 Å². The Kier molecular flexibility index (Phi) is 4.91. The van der Waals surface area contributed by atoms with Crippen molar-refractivity contribution in [3.8, 4) is 5.75 Å². The molecule has 1 atom stereocenters. The molecule has 0 amide bonds. The Morgan fingerprint density at radius 3 is 2.69 bits per heavy atom. The zero-order valence-electron chi connectivity index (χ0n) is 14.0. The first-order chi connectivity index (χ1) is 12.6. The van der Waals surface area contributed by atoms with E-state index >= 15 is 0 Å². The number of rotatable bonds is 5. The van der Waals surface area contributed by atoms with Gasteiger partial charge in [-0.05, 0) is 42.0 Å². The van der Waals surface area contributed by atoms with Crippen molar-refractivity contribution in [1.29, 1.82) is 0 Å². The maximum absolute atomic E-state index is 10.5. The number of fused-ring (bicyclic) bond motifs is 1. The van der Waals surface area contributed by atoms with Crippen molar-refractivity contribution in [2.75, 3.05) is 5.75 Å². The summed E-state index contributed by atoms with van der Waals surface area (Å²) in [5.74, 6) is 1.07. The van der Waals surface area contributed by atoms with Gasteiger partial charge < -0.3 is 4.74 Å². The molecule has 6 heteroatoms. The van der Waals surface area contributed by atoms with E-state index in [9.17, 15) is 9.11 Å². The molecule has 3 aromatic rings.